The van der Waals surface area contributed by atoms with Crippen molar-refractivity contribution in [2.24, 2.45) is 0 Å². The molecule has 0 amide bonds. The average molecular weight is 438 g/mol. The molecule has 168 valence electrons. The molecule has 1 fully saturated rings. The predicted octanol–water partition coefficient (Wildman–Crippen LogP) is 2.14. The first-order valence-corrected chi connectivity index (χ1v) is 10.9. The number of rotatable bonds is 7. The van der Waals surface area contributed by atoms with Gasteiger partial charge in [0.15, 0.2) is 11.5 Å². The second-order valence-electron chi connectivity index (χ2n) is 7.71. The second kappa shape index (κ2) is 9.54. The lowest BCUT2D eigenvalue weighted by molar-refractivity contribution is 0.0843. The maximum Gasteiger partial charge on any atom is 0.213 e. The van der Waals surface area contributed by atoms with Crippen LogP contribution in [0.3, 0.4) is 0 Å². The highest BCUT2D eigenvalue weighted by atomic mass is 16.6. The highest BCUT2D eigenvalue weighted by molar-refractivity contribution is 5.88. The van der Waals surface area contributed by atoms with Gasteiger partial charge in [0.1, 0.15) is 24.4 Å². The van der Waals surface area contributed by atoms with Gasteiger partial charge >= 0.3 is 0 Å². The van der Waals surface area contributed by atoms with E-state index in [2.05, 4.69) is 24.8 Å². The third-order valence-corrected chi connectivity index (χ3v) is 5.78. The summed E-state index contributed by atoms with van der Waals surface area (Å²) < 4.78 is 22.5. The molecule has 0 unspecified atom stereocenters. The fourth-order valence-electron chi connectivity index (χ4n) is 4.08. The van der Waals surface area contributed by atoms with E-state index in [1.807, 2.05) is 30.5 Å². The van der Waals surface area contributed by atoms with Gasteiger partial charge in [-0.2, -0.15) is 0 Å². The molecule has 0 N–H and O–H groups in total. The molecule has 0 spiro atoms. The van der Waals surface area contributed by atoms with Crippen molar-refractivity contribution in [3.05, 3.63) is 42.4 Å². The molecule has 0 radical (unpaired) electrons. The molecule has 9 nitrogen and oxygen atoms in total. The van der Waals surface area contributed by atoms with Crippen LogP contribution in [0.5, 0.6) is 17.4 Å². The molecule has 0 aromatic carbocycles. The molecule has 5 heterocycles. The Balaban J connectivity index is 1.13. The van der Waals surface area contributed by atoms with Crippen LogP contribution in [0, 0.1) is 0 Å². The first-order valence-electron chi connectivity index (χ1n) is 10.9. The summed E-state index contributed by atoms with van der Waals surface area (Å²) >= 11 is 0. The molecular weight excluding hydrogens is 410 g/mol. The summed E-state index contributed by atoms with van der Waals surface area (Å²) in [7, 11) is 1.63. The van der Waals surface area contributed by atoms with Gasteiger partial charge in [0.05, 0.1) is 31.5 Å². The Kier molecular flexibility index (Phi) is 6.17. The molecule has 2 aliphatic heterocycles. The quantitative estimate of drug-likeness (QED) is 0.516. The van der Waals surface area contributed by atoms with Gasteiger partial charge in [-0.25, -0.2) is 4.98 Å². The first-order chi connectivity index (χ1) is 15.8. The van der Waals surface area contributed by atoms with E-state index in [4.69, 9.17) is 18.9 Å². The molecule has 3 aromatic rings. The van der Waals surface area contributed by atoms with Crippen molar-refractivity contribution < 1.29 is 18.9 Å². The normalized spacial score (nSPS) is 16.3. The van der Waals surface area contributed by atoms with Crippen molar-refractivity contribution in [2.45, 2.75) is 6.61 Å². The van der Waals surface area contributed by atoms with Gasteiger partial charge in [-0.05, 0) is 12.1 Å². The monoisotopic (exact) mass is 437 g/mol. The third kappa shape index (κ3) is 4.39. The van der Waals surface area contributed by atoms with Crippen LogP contribution in [-0.2, 0) is 11.3 Å². The fraction of sp³-hybridized carbons (Fsp3) is 0.435. The third-order valence-electron chi connectivity index (χ3n) is 5.78. The zero-order valence-corrected chi connectivity index (χ0v) is 18.2. The Hall–Kier alpha value is -3.17. The smallest absolute Gasteiger partial charge is 0.213 e. The molecule has 3 aromatic heterocycles. The Labute approximate surface area is 186 Å². The summed E-state index contributed by atoms with van der Waals surface area (Å²) in [6.07, 6.45) is 3.58. The first kappa shape index (κ1) is 20.7. The van der Waals surface area contributed by atoms with E-state index in [1.54, 1.807) is 13.3 Å². The summed E-state index contributed by atoms with van der Waals surface area (Å²) in [5.41, 5.74) is 3.66. The van der Waals surface area contributed by atoms with Crippen LogP contribution in [0.4, 0.5) is 5.69 Å². The Morgan fingerprint density at radius 3 is 2.69 bits per heavy atom. The van der Waals surface area contributed by atoms with E-state index in [1.165, 1.54) is 0 Å². The Bertz CT molecular complexity index is 1070. The minimum Gasteiger partial charge on any atom is -0.486 e. The maximum atomic E-state index is 5.90. The van der Waals surface area contributed by atoms with Gasteiger partial charge < -0.3 is 23.8 Å². The number of ether oxygens (including phenoxy) is 4. The van der Waals surface area contributed by atoms with Gasteiger partial charge in [0, 0.05) is 57.3 Å². The van der Waals surface area contributed by atoms with Crippen LogP contribution in [0.15, 0.2) is 36.7 Å². The summed E-state index contributed by atoms with van der Waals surface area (Å²) in [6.45, 7) is 6.84. The lowest BCUT2D eigenvalue weighted by Crippen LogP contribution is -2.47. The summed E-state index contributed by atoms with van der Waals surface area (Å²) in [6, 6.07) is 7.66. The summed E-state index contributed by atoms with van der Waals surface area (Å²) in [5, 5.41) is 0. The number of anilines is 1. The highest BCUT2D eigenvalue weighted by Crippen LogP contribution is 2.32. The molecular formula is C23H27N5O4. The molecule has 0 bridgehead atoms. The molecule has 0 saturated carbocycles. The van der Waals surface area contributed by atoms with E-state index >= 15 is 0 Å². The summed E-state index contributed by atoms with van der Waals surface area (Å²) in [4.78, 5) is 18.2. The standard InChI is InChI=1S/C23H27N5O4/c1-29-21-3-2-17-22(26-21)19(4-6-24-17)28-10-8-27(9-11-28)12-13-30-16-18-23-20(5-7-25-18)31-14-15-32-23/h2-7H,8-16H2,1H3. The topological polar surface area (TPSA) is 82.1 Å². The lowest BCUT2D eigenvalue weighted by Gasteiger charge is -2.36. The Morgan fingerprint density at radius 2 is 1.81 bits per heavy atom. The van der Waals surface area contributed by atoms with Crippen molar-refractivity contribution in [3.63, 3.8) is 0 Å². The molecule has 9 heteroatoms. The number of methoxy groups -OCH3 is 1. The molecule has 5 rings (SSSR count). The number of pyridine rings is 3. The number of fused-ring (bicyclic) bond motifs is 2. The van der Waals surface area contributed by atoms with Crippen LogP contribution in [0.2, 0.25) is 0 Å². The van der Waals surface area contributed by atoms with Crippen LogP contribution in [0.25, 0.3) is 11.0 Å². The van der Waals surface area contributed by atoms with E-state index in [0.717, 1.165) is 60.9 Å². The van der Waals surface area contributed by atoms with Gasteiger partial charge in [-0.3, -0.25) is 14.9 Å². The number of hydrogen-bond donors (Lipinski definition) is 0. The fourth-order valence-corrected chi connectivity index (χ4v) is 4.08. The minimum atomic E-state index is 0.420. The molecule has 0 aliphatic carbocycles. The minimum absolute atomic E-state index is 0.420. The van der Waals surface area contributed by atoms with Crippen molar-refractivity contribution in [3.8, 4) is 17.4 Å². The van der Waals surface area contributed by atoms with E-state index in [9.17, 15) is 0 Å². The van der Waals surface area contributed by atoms with Gasteiger partial charge in [0.25, 0.3) is 0 Å². The zero-order chi connectivity index (χ0) is 21.8. The van der Waals surface area contributed by atoms with Crippen molar-refractivity contribution >= 4 is 16.7 Å². The van der Waals surface area contributed by atoms with E-state index < -0.39 is 0 Å². The maximum absolute atomic E-state index is 5.90. The van der Waals surface area contributed by atoms with Crippen molar-refractivity contribution in [1.82, 2.24) is 19.9 Å². The largest absolute Gasteiger partial charge is 0.486 e. The lowest BCUT2D eigenvalue weighted by atomic mass is 10.2. The van der Waals surface area contributed by atoms with Gasteiger partial charge in [0.2, 0.25) is 5.88 Å². The number of piperazine rings is 1. The second-order valence-corrected chi connectivity index (χ2v) is 7.71. The highest BCUT2D eigenvalue weighted by Gasteiger charge is 2.20. The zero-order valence-electron chi connectivity index (χ0n) is 18.2. The number of hydrogen-bond acceptors (Lipinski definition) is 9. The van der Waals surface area contributed by atoms with Gasteiger partial charge in [-0.15, -0.1) is 0 Å². The van der Waals surface area contributed by atoms with Crippen molar-refractivity contribution in [2.75, 3.05) is 64.6 Å². The molecule has 1 saturated heterocycles. The van der Waals surface area contributed by atoms with Crippen LogP contribution in [-0.4, -0.2) is 79.5 Å². The molecule has 32 heavy (non-hydrogen) atoms. The van der Waals surface area contributed by atoms with E-state index in [-0.39, 0.29) is 0 Å². The molecule has 0 atom stereocenters. The van der Waals surface area contributed by atoms with Gasteiger partial charge in [-0.1, -0.05) is 0 Å². The van der Waals surface area contributed by atoms with E-state index in [0.29, 0.717) is 38.1 Å². The number of nitrogens with zero attached hydrogens (tertiary/aromatic N) is 5. The Morgan fingerprint density at radius 1 is 0.969 bits per heavy atom. The van der Waals surface area contributed by atoms with Crippen molar-refractivity contribution in [1.29, 1.82) is 0 Å². The molecule has 2 aliphatic rings. The SMILES string of the molecule is COc1ccc2nccc(N3CCN(CCOCc4nccc5c4OCCO5)CC3)c2n1. The summed E-state index contributed by atoms with van der Waals surface area (Å²) in [5.74, 6) is 2.06. The number of aromatic nitrogens is 3. The van der Waals surface area contributed by atoms with Crippen LogP contribution in [0.1, 0.15) is 5.69 Å². The van der Waals surface area contributed by atoms with Crippen LogP contribution < -0.4 is 19.1 Å². The van der Waals surface area contributed by atoms with Crippen LogP contribution >= 0.6 is 0 Å². The average Bonchev–Trinajstić information content (AvgIpc) is 2.86. The predicted molar refractivity (Wildman–Crippen MR) is 120 cm³/mol.